The van der Waals surface area contributed by atoms with Crippen LogP contribution in [0.15, 0.2) is 63.2 Å². The SMILES string of the molecule is COC(=O)c1cc(Cl)cc(Br)c1.Cc1cnc(C(=O)c2cc(Cl)cc(Br)c2)s1.Cc1cncs1.[CH2-]CCC.[Li+]. The van der Waals surface area contributed by atoms with Crippen LogP contribution in [0.1, 0.15) is 55.2 Å². The monoisotopic (exact) mass is 726 g/mol. The summed E-state index contributed by atoms with van der Waals surface area (Å²) >= 11 is 21.2. The van der Waals surface area contributed by atoms with Crippen LogP contribution in [0.3, 0.4) is 0 Å². The van der Waals surface area contributed by atoms with Crippen LogP contribution in [0, 0.1) is 20.8 Å². The first-order valence-corrected chi connectivity index (χ1v) is 15.2. The molecule has 0 saturated heterocycles. The minimum absolute atomic E-state index is 0. The molecule has 0 bridgehead atoms. The fraction of sp³-hybridized carbons (Fsp3) is 0.222. The Balaban J connectivity index is 0.000000551. The topological polar surface area (TPSA) is 69.2 Å². The minimum atomic E-state index is -0.391. The molecule has 0 saturated carbocycles. The molecule has 0 atom stereocenters. The predicted molar refractivity (Wildman–Crippen MR) is 167 cm³/mol. The van der Waals surface area contributed by atoms with Crippen LogP contribution >= 0.6 is 77.7 Å². The van der Waals surface area contributed by atoms with E-state index in [1.807, 2.05) is 25.6 Å². The van der Waals surface area contributed by atoms with Gasteiger partial charge in [0.2, 0.25) is 5.78 Å². The number of thiazole rings is 2. The van der Waals surface area contributed by atoms with E-state index in [9.17, 15) is 9.59 Å². The van der Waals surface area contributed by atoms with E-state index in [0.29, 0.717) is 26.2 Å². The van der Waals surface area contributed by atoms with Crippen LogP contribution in [0.4, 0.5) is 0 Å². The van der Waals surface area contributed by atoms with Crippen molar-refractivity contribution in [3.63, 3.8) is 0 Å². The van der Waals surface area contributed by atoms with Gasteiger partial charge < -0.3 is 11.7 Å². The number of esters is 1. The predicted octanol–water partition coefficient (Wildman–Crippen LogP) is 7.06. The average molecular weight is 729 g/mol. The zero-order valence-corrected chi connectivity index (χ0v) is 28.6. The van der Waals surface area contributed by atoms with E-state index in [2.05, 4.69) is 60.4 Å². The zero-order valence-electron chi connectivity index (χ0n) is 22.3. The maximum Gasteiger partial charge on any atom is 1.00 e. The zero-order chi connectivity index (χ0) is 28.7. The fourth-order valence-corrected chi connectivity index (χ4v) is 5.19. The van der Waals surface area contributed by atoms with Crippen molar-refractivity contribution in [2.24, 2.45) is 0 Å². The van der Waals surface area contributed by atoms with Gasteiger partial charge >= 0.3 is 24.8 Å². The van der Waals surface area contributed by atoms with Crippen LogP contribution in [0.5, 0.6) is 0 Å². The Bertz CT molecular complexity index is 1260. The molecule has 204 valence electrons. The molecule has 4 aromatic rings. The number of ketones is 1. The Labute approximate surface area is 277 Å². The summed E-state index contributed by atoms with van der Waals surface area (Å²) in [6.45, 7) is 9.68. The maximum absolute atomic E-state index is 12.0. The van der Waals surface area contributed by atoms with Crippen LogP contribution < -0.4 is 18.9 Å². The number of carbonyl (C=O) groups is 2. The molecule has 0 aliphatic heterocycles. The number of hydrogen-bond acceptors (Lipinski definition) is 7. The van der Waals surface area contributed by atoms with Gasteiger partial charge in [0.15, 0.2) is 5.01 Å². The second-order valence-corrected chi connectivity index (χ2v) is 12.4. The van der Waals surface area contributed by atoms with E-state index >= 15 is 0 Å². The van der Waals surface area contributed by atoms with Gasteiger partial charge in [0.25, 0.3) is 0 Å². The molecule has 0 aliphatic carbocycles. The number of aryl methyl sites for hydroxylation is 2. The summed E-state index contributed by atoms with van der Waals surface area (Å²) < 4.78 is 6.08. The molecular formula is C27H27Br2Cl2LiN2O3S2. The number of aromatic nitrogens is 2. The first-order valence-electron chi connectivity index (χ1n) is 11.1. The molecule has 12 heteroatoms. The Morgan fingerprint density at radius 2 is 1.49 bits per heavy atom. The smallest absolute Gasteiger partial charge is 0.465 e. The molecule has 4 rings (SSSR count). The van der Waals surface area contributed by atoms with Gasteiger partial charge in [-0.15, -0.1) is 22.7 Å². The molecule has 0 amide bonds. The quantitative estimate of drug-likeness (QED) is 0.0975. The number of methoxy groups -OCH3 is 1. The van der Waals surface area contributed by atoms with Gasteiger partial charge in [-0.2, -0.15) is 6.42 Å². The number of hydrogen-bond donors (Lipinski definition) is 0. The van der Waals surface area contributed by atoms with Gasteiger partial charge in [-0.1, -0.05) is 68.4 Å². The average Bonchev–Trinajstić information content (AvgIpc) is 3.53. The second-order valence-electron chi connectivity index (χ2n) is 7.38. The van der Waals surface area contributed by atoms with Gasteiger partial charge in [-0.3, -0.25) is 9.78 Å². The van der Waals surface area contributed by atoms with Crippen LogP contribution in [-0.4, -0.2) is 28.8 Å². The first kappa shape index (κ1) is 38.0. The molecule has 39 heavy (non-hydrogen) atoms. The van der Waals surface area contributed by atoms with Crippen molar-refractivity contribution in [2.45, 2.75) is 33.6 Å². The summed E-state index contributed by atoms with van der Waals surface area (Å²) in [6.07, 6.45) is 5.82. The molecule has 0 spiro atoms. The summed E-state index contributed by atoms with van der Waals surface area (Å²) in [4.78, 5) is 33.2. The standard InChI is InChI=1S/C11H7BrClNOS.C8H6BrClO2.C4H5NS.C4H9.Li/c1-6-5-14-11(16-6)10(15)7-2-8(12)4-9(13)3-7;1-12-8(11)5-2-6(9)4-7(10)3-5;1-4-2-5-3-6-4;1-3-4-2;/h2-5H,1H3;2-4H,1H3;2-3H,1H3;1,3-4H2,2H3;/q;;;-1;+1. The molecule has 0 fully saturated rings. The Morgan fingerprint density at radius 3 is 1.85 bits per heavy atom. The maximum atomic E-state index is 12.0. The van der Waals surface area contributed by atoms with Crippen LogP contribution in [0.25, 0.3) is 0 Å². The number of benzene rings is 2. The van der Waals surface area contributed by atoms with E-state index in [1.165, 1.54) is 29.7 Å². The molecule has 0 radical (unpaired) electrons. The van der Waals surface area contributed by atoms with E-state index < -0.39 is 5.97 Å². The third-order valence-corrected chi connectivity index (χ3v) is 7.10. The summed E-state index contributed by atoms with van der Waals surface area (Å²) in [6, 6.07) is 10.0. The number of halogens is 4. The normalized spacial score (nSPS) is 9.36. The summed E-state index contributed by atoms with van der Waals surface area (Å²) in [5, 5.41) is 1.53. The number of ether oxygens (including phenoxy) is 1. The van der Waals surface area contributed by atoms with E-state index in [-0.39, 0.29) is 24.6 Å². The fourth-order valence-electron chi connectivity index (χ4n) is 2.34. The van der Waals surface area contributed by atoms with Crippen molar-refractivity contribution in [1.82, 2.24) is 9.97 Å². The van der Waals surface area contributed by atoms with Crippen molar-refractivity contribution >= 4 is 89.5 Å². The third kappa shape index (κ3) is 15.5. The molecule has 0 unspecified atom stereocenters. The van der Waals surface area contributed by atoms with Crippen molar-refractivity contribution in [3.05, 3.63) is 106 Å². The van der Waals surface area contributed by atoms with Gasteiger partial charge in [0.1, 0.15) is 0 Å². The number of nitrogens with zero attached hydrogens (tertiary/aromatic N) is 2. The number of unbranched alkanes of at least 4 members (excludes halogenated alkanes) is 1. The molecule has 2 heterocycles. The van der Waals surface area contributed by atoms with E-state index in [0.717, 1.165) is 20.2 Å². The summed E-state index contributed by atoms with van der Waals surface area (Å²) in [5.41, 5.74) is 2.82. The van der Waals surface area contributed by atoms with Gasteiger partial charge in [0.05, 0.1) is 18.2 Å². The molecule has 2 aromatic carbocycles. The van der Waals surface area contributed by atoms with Gasteiger partial charge in [0, 0.05) is 46.7 Å². The Hall–Kier alpha value is -1.02. The molecular weight excluding hydrogens is 702 g/mol. The molecule has 5 nitrogen and oxygen atoms in total. The van der Waals surface area contributed by atoms with Gasteiger partial charge in [-0.25, -0.2) is 9.78 Å². The third-order valence-electron chi connectivity index (χ3n) is 4.13. The Kier molecular flexibility index (Phi) is 20.2. The van der Waals surface area contributed by atoms with Crippen molar-refractivity contribution < 1.29 is 33.2 Å². The molecule has 0 aliphatic rings. The summed E-state index contributed by atoms with van der Waals surface area (Å²) in [7, 11) is 1.33. The van der Waals surface area contributed by atoms with Crippen LogP contribution in [-0.2, 0) is 4.74 Å². The number of carbonyl (C=O) groups excluding carboxylic acids is 2. The van der Waals surface area contributed by atoms with Crippen LogP contribution in [0.2, 0.25) is 10.0 Å². The van der Waals surface area contributed by atoms with Crippen molar-refractivity contribution in [1.29, 1.82) is 0 Å². The Morgan fingerprint density at radius 1 is 0.949 bits per heavy atom. The number of rotatable bonds is 4. The minimum Gasteiger partial charge on any atom is -0.465 e. The van der Waals surface area contributed by atoms with E-state index in [4.69, 9.17) is 23.2 Å². The van der Waals surface area contributed by atoms with Crippen molar-refractivity contribution in [3.8, 4) is 0 Å². The molecule has 2 aromatic heterocycles. The summed E-state index contributed by atoms with van der Waals surface area (Å²) in [5.74, 6) is -0.487. The van der Waals surface area contributed by atoms with Gasteiger partial charge in [-0.05, 0) is 50.2 Å². The van der Waals surface area contributed by atoms with Crippen molar-refractivity contribution in [2.75, 3.05) is 7.11 Å². The first-order chi connectivity index (χ1) is 18.0. The van der Waals surface area contributed by atoms with E-state index in [1.54, 1.807) is 53.9 Å². The second kappa shape index (κ2) is 20.8. The molecule has 0 N–H and O–H groups in total. The largest absolute Gasteiger partial charge is 1.00 e.